The van der Waals surface area contributed by atoms with Gasteiger partial charge in [-0.2, -0.15) is 0 Å². The summed E-state index contributed by atoms with van der Waals surface area (Å²) < 4.78 is 0. The third-order valence-electron chi connectivity index (χ3n) is 1.07. The predicted octanol–water partition coefficient (Wildman–Crippen LogP) is 1.20. The monoisotopic (exact) mass is 141 g/mol. The molecule has 0 aliphatic rings. The van der Waals surface area contributed by atoms with Crippen LogP contribution in [0.3, 0.4) is 0 Å². The standard InChI is InChI=1S/C7H15NSi/c1-4-9-7-5-6-8(2)3/h4H,1,5-7H2,2-3H3. The Hall–Kier alpha value is -0.0831. The van der Waals surface area contributed by atoms with Crippen LogP contribution in [0.15, 0.2) is 12.3 Å². The molecule has 0 fully saturated rings. The van der Waals surface area contributed by atoms with Crippen LogP contribution in [-0.4, -0.2) is 35.1 Å². The zero-order valence-corrected chi connectivity index (χ0v) is 7.35. The van der Waals surface area contributed by atoms with E-state index in [1.807, 2.05) is 5.70 Å². The fourth-order valence-electron chi connectivity index (χ4n) is 0.599. The van der Waals surface area contributed by atoms with Crippen molar-refractivity contribution in [1.29, 1.82) is 0 Å². The lowest BCUT2D eigenvalue weighted by molar-refractivity contribution is 0.408. The zero-order valence-electron chi connectivity index (χ0n) is 6.35. The van der Waals surface area contributed by atoms with Gasteiger partial charge in [0.1, 0.15) is 0 Å². The summed E-state index contributed by atoms with van der Waals surface area (Å²) in [6.45, 7) is 4.89. The maximum absolute atomic E-state index is 3.68. The van der Waals surface area contributed by atoms with Crippen LogP contribution in [-0.2, 0) is 0 Å². The van der Waals surface area contributed by atoms with Gasteiger partial charge in [0.25, 0.3) is 0 Å². The molecular weight excluding hydrogens is 126 g/mol. The van der Waals surface area contributed by atoms with E-state index in [0.29, 0.717) is 0 Å². The van der Waals surface area contributed by atoms with Gasteiger partial charge in [0.05, 0.1) is 9.52 Å². The first-order chi connectivity index (χ1) is 4.27. The van der Waals surface area contributed by atoms with Crippen molar-refractivity contribution in [3.05, 3.63) is 12.3 Å². The molecule has 0 atom stereocenters. The normalized spacial score (nSPS) is 10.1. The van der Waals surface area contributed by atoms with Gasteiger partial charge in [0.2, 0.25) is 0 Å². The molecule has 0 saturated carbocycles. The van der Waals surface area contributed by atoms with Gasteiger partial charge >= 0.3 is 0 Å². The van der Waals surface area contributed by atoms with Crippen molar-refractivity contribution in [3.63, 3.8) is 0 Å². The van der Waals surface area contributed by atoms with E-state index in [4.69, 9.17) is 0 Å². The second-order valence-corrected chi connectivity index (χ2v) is 3.63. The number of hydrogen-bond donors (Lipinski definition) is 0. The average Bonchev–Trinajstić information content (AvgIpc) is 1.80. The molecule has 0 spiro atoms. The Morgan fingerprint density at radius 2 is 2.22 bits per heavy atom. The third-order valence-corrected chi connectivity index (χ3v) is 2.00. The molecule has 0 aromatic carbocycles. The van der Waals surface area contributed by atoms with Crippen LogP contribution in [0.4, 0.5) is 0 Å². The molecule has 9 heavy (non-hydrogen) atoms. The third kappa shape index (κ3) is 7.92. The molecule has 0 amide bonds. The Balaban J connectivity index is 2.82. The summed E-state index contributed by atoms with van der Waals surface area (Å²) in [5, 5.41) is 0. The molecule has 0 saturated heterocycles. The SMILES string of the molecule is C=C[Si]CCCN(C)C. The molecule has 0 bridgehead atoms. The van der Waals surface area contributed by atoms with Crippen molar-refractivity contribution in [2.75, 3.05) is 20.6 Å². The molecular formula is C7H15NSi. The average molecular weight is 141 g/mol. The molecule has 0 aliphatic carbocycles. The molecule has 1 nitrogen and oxygen atoms in total. The summed E-state index contributed by atoms with van der Waals surface area (Å²) >= 11 is 0. The number of nitrogens with zero attached hydrogens (tertiary/aromatic N) is 1. The first kappa shape index (κ1) is 8.92. The van der Waals surface area contributed by atoms with Crippen LogP contribution in [0.2, 0.25) is 6.04 Å². The van der Waals surface area contributed by atoms with Gasteiger partial charge in [0.15, 0.2) is 0 Å². The molecule has 52 valence electrons. The number of rotatable bonds is 5. The van der Waals surface area contributed by atoms with Gasteiger partial charge in [-0.15, -0.1) is 12.3 Å². The molecule has 0 aliphatic heterocycles. The minimum absolute atomic E-state index is 0.952. The van der Waals surface area contributed by atoms with Gasteiger partial charge in [-0.25, -0.2) is 0 Å². The van der Waals surface area contributed by atoms with E-state index in [2.05, 4.69) is 25.6 Å². The predicted molar refractivity (Wildman–Crippen MR) is 43.9 cm³/mol. The smallest absolute Gasteiger partial charge is 0.0695 e. The quantitative estimate of drug-likeness (QED) is 0.411. The van der Waals surface area contributed by atoms with Crippen molar-refractivity contribution >= 4 is 9.52 Å². The van der Waals surface area contributed by atoms with Crippen LogP contribution in [0, 0.1) is 0 Å². The summed E-state index contributed by atoms with van der Waals surface area (Å²) in [5.74, 6) is 0. The molecule has 0 aromatic heterocycles. The maximum Gasteiger partial charge on any atom is 0.0695 e. The summed E-state index contributed by atoms with van der Waals surface area (Å²) in [5.41, 5.74) is 2.01. The Morgan fingerprint density at radius 1 is 1.56 bits per heavy atom. The molecule has 2 heteroatoms. The van der Waals surface area contributed by atoms with Gasteiger partial charge in [0, 0.05) is 0 Å². The van der Waals surface area contributed by atoms with Crippen LogP contribution in [0.5, 0.6) is 0 Å². The van der Waals surface area contributed by atoms with Gasteiger partial charge in [-0.3, -0.25) is 0 Å². The van der Waals surface area contributed by atoms with Crippen LogP contribution < -0.4 is 0 Å². The van der Waals surface area contributed by atoms with Crippen LogP contribution >= 0.6 is 0 Å². The minimum Gasteiger partial charge on any atom is -0.309 e. The van der Waals surface area contributed by atoms with Crippen LogP contribution in [0.1, 0.15) is 6.42 Å². The summed E-state index contributed by atoms with van der Waals surface area (Å²) in [7, 11) is 5.17. The minimum atomic E-state index is 0.952. The topological polar surface area (TPSA) is 3.24 Å². The van der Waals surface area contributed by atoms with E-state index in [-0.39, 0.29) is 0 Å². The van der Waals surface area contributed by atoms with E-state index in [1.54, 1.807) is 0 Å². The van der Waals surface area contributed by atoms with Crippen molar-refractivity contribution in [3.8, 4) is 0 Å². The van der Waals surface area contributed by atoms with E-state index in [9.17, 15) is 0 Å². The molecule has 0 unspecified atom stereocenters. The molecule has 0 aromatic rings. The van der Waals surface area contributed by atoms with E-state index >= 15 is 0 Å². The Labute approximate surface area is 60.6 Å². The Morgan fingerprint density at radius 3 is 2.67 bits per heavy atom. The first-order valence-corrected chi connectivity index (χ1v) is 4.55. The van der Waals surface area contributed by atoms with Crippen molar-refractivity contribution < 1.29 is 0 Å². The lowest BCUT2D eigenvalue weighted by Gasteiger charge is -2.06. The fourth-order valence-corrected chi connectivity index (χ4v) is 1.17. The second-order valence-electron chi connectivity index (χ2n) is 2.32. The summed E-state index contributed by atoms with van der Waals surface area (Å²) in [6.07, 6.45) is 1.30. The summed E-state index contributed by atoms with van der Waals surface area (Å²) in [6, 6.07) is 1.31. The lowest BCUT2D eigenvalue weighted by atomic mass is 10.5. The highest BCUT2D eigenvalue weighted by molar-refractivity contribution is 6.41. The Kier molecular flexibility index (Phi) is 5.99. The van der Waals surface area contributed by atoms with Crippen LogP contribution in [0.25, 0.3) is 0 Å². The first-order valence-electron chi connectivity index (χ1n) is 3.26. The maximum atomic E-state index is 3.68. The van der Waals surface area contributed by atoms with Gasteiger partial charge in [-0.05, 0) is 27.1 Å². The highest BCUT2D eigenvalue weighted by Gasteiger charge is 1.88. The second kappa shape index (κ2) is 6.04. The van der Waals surface area contributed by atoms with Crippen molar-refractivity contribution in [2.24, 2.45) is 0 Å². The zero-order chi connectivity index (χ0) is 7.11. The Bertz CT molecular complexity index is 71.3. The fraction of sp³-hybridized carbons (Fsp3) is 0.714. The van der Waals surface area contributed by atoms with E-state index in [0.717, 1.165) is 9.52 Å². The highest BCUT2D eigenvalue weighted by atomic mass is 28.2. The van der Waals surface area contributed by atoms with Crippen molar-refractivity contribution in [1.82, 2.24) is 4.90 Å². The van der Waals surface area contributed by atoms with E-state index < -0.39 is 0 Å². The van der Waals surface area contributed by atoms with Gasteiger partial charge < -0.3 is 4.90 Å². The molecule has 0 N–H and O–H groups in total. The highest BCUT2D eigenvalue weighted by Crippen LogP contribution is 1.89. The van der Waals surface area contributed by atoms with Gasteiger partial charge in [-0.1, -0.05) is 6.04 Å². The van der Waals surface area contributed by atoms with E-state index in [1.165, 1.54) is 19.0 Å². The molecule has 0 heterocycles. The largest absolute Gasteiger partial charge is 0.309 e. The summed E-state index contributed by atoms with van der Waals surface area (Å²) in [4.78, 5) is 2.22. The lowest BCUT2D eigenvalue weighted by Crippen LogP contribution is -2.12. The molecule has 2 radical (unpaired) electrons. The number of hydrogen-bond acceptors (Lipinski definition) is 1. The molecule has 0 rings (SSSR count). The van der Waals surface area contributed by atoms with Crippen molar-refractivity contribution in [2.45, 2.75) is 12.5 Å².